The Morgan fingerprint density at radius 2 is 1.88 bits per heavy atom. The smallest absolute Gasteiger partial charge is 0.0488 e. The molecular formula is C15H31NO. The Hall–Kier alpha value is -0.0800. The molecule has 1 aliphatic carbocycles. The van der Waals surface area contributed by atoms with E-state index in [2.05, 4.69) is 39.9 Å². The van der Waals surface area contributed by atoms with E-state index in [1.165, 1.54) is 25.7 Å². The molecule has 0 atom stereocenters. The second-order valence-electron chi connectivity index (χ2n) is 7.18. The van der Waals surface area contributed by atoms with Crippen LogP contribution in [0.3, 0.4) is 0 Å². The van der Waals surface area contributed by atoms with Gasteiger partial charge in [0.25, 0.3) is 0 Å². The van der Waals surface area contributed by atoms with Crippen LogP contribution in [0.15, 0.2) is 0 Å². The van der Waals surface area contributed by atoms with Crippen molar-refractivity contribution in [1.29, 1.82) is 0 Å². The molecule has 0 unspecified atom stereocenters. The number of ether oxygens (including phenoxy) is 1. The van der Waals surface area contributed by atoms with Gasteiger partial charge in [-0.1, -0.05) is 20.3 Å². The highest BCUT2D eigenvalue weighted by Gasteiger charge is 2.36. The predicted molar refractivity (Wildman–Crippen MR) is 74.3 cm³/mol. The first kappa shape index (κ1) is 15.0. The summed E-state index contributed by atoms with van der Waals surface area (Å²) < 4.78 is 5.73. The lowest BCUT2D eigenvalue weighted by molar-refractivity contribution is 0.0366. The normalized spacial score (nSPS) is 19.4. The number of hydrogen-bond acceptors (Lipinski definition) is 2. The molecule has 0 spiro atoms. The first-order chi connectivity index (χ1) is 7.83. The van der Waals surface area contributed by atoms with Crippen molar-refractivity contribution in [2.45, 2.75) is 65.8 Å². The van der Waals surface area contributed by atoms with Crippen molar-refractivity contribution in [1.82, 2.24) is 5.32 Å². The zero-order chi connectivity index (χ0) is 12.9. The number of rotatable bonds is 7. The summed E-state index contributed by atoms with van der Waals surface area (Å²) in [6, 6.07) is 0. The van der Waals surface area contributed by atoms with E-state index in [1.807, 2.05) is 0 Å². The SMILES string of the molecule is CC(C)COCCC1(CNC(C)(C)C)CCC1. The van der Waals surface area contributed by atoms with Crippen LogP contribution < -0.4 is 5.32 Å². The Morgan fingerprint density at radius 1 is 1.24 bits per heavy atom. The van der Waals surface area contributed by atoms with Gasteiger partial charge in [-0.05, 0) is 51.4 Å². The van der Waals surface area contributed by atoms with Crippen molar-refractivity contribution in [3.05, 3.63) is 0 Å². The van der Waals surface area contributed by atoms with Crippen LogP contribution >= 0.6 is 0 Å². The summed E-state index contributed by atoms with van der Waals surface area (Å²) >= 11 is 0. The third kappa shape index (κ3) is 5.87. The highest BCUT2D eigenvalue weighted by atomic mass is 16.5. The Morgan fingerprint density at radius 3 is 2.29 bits per heavy atom. The summed E-state index contributed by atoms with van der Waals surface area (Å²) in [5, 5.41) is 3.66. The van der Waals surface area contributed by atoms with Crippen molar-refractivity contribution in [3.8, 4) is 0 Å². The van der Waals surface area contributed by atoms with Gasteiger partial charge in [0, 0.05) is 25.3 Å². The zero-order valence-electron chi connectivity index (χ0n) is 12.4. The molecule has 1 N–H and O–H groups in total. The molecule has 0 saturated heterocycles. The second-order valence-corrected chi connectivity index (χ2v) is 7.18. The molecule has 102 valence electrons. The van der Waals surface area contributed by atoms with E-state index in [1.54, 1.807) is 0 Å². The third-order valence-corrected chi connectivity index (χ3v) is 3.64. The Bertz CT molecular complexity index is 213. The van der Waals surface area contributed by atoms with E-state index in [9.17, 15) is 0 Å². The summed E-state index contributed by atoms with van der Waals surface area (Å²) in [6.45, 7) is 14.1. The fraction of sp³-hybridized carbons (Fsp3) is 1.00. The van der Waals surface area contributed by atoms with Crippen molar-refractivity contribution < 1.29 is 4.74 Å². The standard InChI is InChI=1S/C15H31NO/c1-13(2)11-17-10-9-15(7-6-8-15)12-16-14(3,4)5/h13,16H,6-12H2,1-5H3. The van der Waals surface area contributed by atoms with E-state index >= 15 is 0 Å². The molecule has 0 aromatic heterocycles. The largest absolute Gasteiger partial charge is 0.381 e. The van der Waals surface area contributed by atoms with E-state index in [4.69, 9.17) is 4.74 Å². The van der Waals surface area contributed by atoms with Gasteiger partial charge in [0.15, 0.2) is 0 Å². The molecule has 1 aliphatic rings. The van der Waals surface area contributed by atoms with Gasteiger partial charge in [0.05, 0.1) is 0 Å². The fourth-order valence-corrected chi connectivity index (χ4v) is 2.25. The van der Waals surface area contributed by atoms with Gasteiger partial charge in [-0.3, -0.25) is 0 Å². The molecule has 0 amide bonds. The van der Waals surface area contributed by atoms with Gasteiger partial charge < -0.3 is 10.1 Å². The maximum atomic E-state index is 5.73. The average Bonchev–Trinajstić information content (AvgIpc) is 2.12. The minimum absolute atomic E-state index is 0.237. The maximum Gasteiger partial charge on any atom is 0.0488 e. The second kappa shape index (κ2) is 6.19. The van der Waals surface area contributed by atoms with Crippen molar-refractivity contribution in [2.75, 3.05) is 19.8 Å². The van der Waals surface area contributed by atoms with Gasteiger partial charge >= 0.3 is 0 Å². The van der Waals surface area contributed by atoms with Crippen LogP contribution in [0.25, 0.3) is 0 Å². The van der Waals surface area contributed by atoms with Crippen molar-refractivity contribution >= 4 is 0 Å². The van der Waals surface area contributed by atoms with Gasteiger partial charge in [-0.2, -0.15) is 0 Å². The first-order valence-corrected chi connectivity index (χ1v) is 7.16. The lowest BCUT2D eigenvalue weighted by Gasteiger charge is -2.44. The van der Waals surface area contributed by atoms with Crippen LogP contribution in [0.1, 0.15) is 60.3 Å². The highest BCUT2D eigenvalue weighted by Crippen LogP contribution is 2.43. The molecule has 0 aromatic carbocycles. The van der Waals surface area contributed by atoms with Crippen LogP contribution in [0.5, 0.6) is 0 Å². The van der Waals surface area contributed by atoms with Crippen LogP contribution in [0.4, 0.5) is 0 Å². The third-order valence-electron chi connectivity index (χ3n) is 3.64. The summed E-state index contributed by atoms with van der Waals surface area (Å²) in [6.07, 6.45) is 5.38. The van der Waals surface area contributed by atoms with Crippen LogP contribution in [-0.4, -0.2) is 25.3 Å². The quantitative estimate of drug-likeness (QED) is 0.688. The summed E-state index contributed by atoms with van der Waals surface area (Å²) in [5.74, 6) is 0.653. The van der Waals surface area contributed by atoms with E-state index in [-0.39, 0.29) is 5.54 Å². The maximum absolute atomic E-state index is 5.73. The number of hydrogen-bond donors (Lipinski definition) is 1. The monoisotopic (exact) mass is 241 g/mol. The minimum atomic E-state index is 0.237. The predicted octanol–water partition coefficient (Wildman–Crippen LogP) is 3.61. The molecule has 1 fully saturated rings. The number of nitrogens with one attached hydrogen (secondary N) is 1. The van der Waals surface area contributed by atoms with Crippen LogP contribution in [0.2, 0.25) is 0 Å². The van der Waals surface area contributed by atoms with Crippen molar-refractivity contribution in [3.63, 3.8) is 0 Å². The minimum Gasteiger partial charge on any atom is -0.381 e. The summed E-state index contributed by atoms with van der Waals surface area (Å²) in [5.41, 5.74) is 0.769. The summed E-state index contributed by atoms with van der Waals surface area (Å²) in [4.78, 5) is 0. The van der Waals surface area contributed by atoms with E-state index in [0.717, 1.165) is 19.8 Å². The topological polar surface area (TPSA) is 21.3 Å². The van der Waals surface area contributed by atoms with Gasteiger partial charge in [0.1, 0.15) is 0 Å². The lowest BCUT2D eigenvalue weighted by Crippen LogP contribution is -2.47. The summed E-state index contributed by atoms with van der Waals surface area (Å²) in [7, 11) is 0. The van der Waals surface area contributed by atoms with Gasteiger partial charge in [-0.15, -0.1) is 0 Å². The van der Waals surface area contributed by atoms with Crippen LogP contribution in [-0.2, 0) is 4.74 Å². The Labute approximate surface area is 108 Å². The molecule has 17 heavy (non-hydrogen) atoms. The van der Waals surface area contributed by atoms with Gasteiger partial charge in [0.2, 0.25) is 0 Å². The molecule has 0 aromatic rings. The lowest BCUT2D eigenvalue weighted by atomic mass is 9.66. The first-order valence-electron chi connectivity index (χ1n) is 7.16. The molecule has 2 heteroatoms. The van der Waals surface area contributed by atoms with Gasteiger partial charge in [-0.25, -0.2) is 0 Å². The Kier molecular flexibility index (Phi) is 5.46. The molecule has 2 nitrogen and oxygen atoms in total. The molecule has 0 bridgehead atoms. The van der Waals surface area contributed by atoms with Crippen molar-refractivity contribution in [2.24, 2.45) is 11.3 Å². The molecular weight excluding hydrogens is 210 g/mol. The van der Waals surface area contributed by atoms with E-state index < -0.39 is 0 Å². The molecule has 0 heterocycles. The van der Waals surface area contributed by atoms with Crippen LogP contribution in [0, 0.1) is 11.3 Å². The average molecular weight is 241 g/mol. The highest BCUT2D eigenvalue weighted by molar-refractivity contribution is 4.91. The van der Waals surface area contributed by atoms with E-state index in [0.29, 0.717) is 11.3 Å². The zero-order valence-corrected chi connectivity index (χ0v) is 12.4. The molecule has 1 saturated carbocycles. The molecule has 0 aliphatic heterocycles. The molecule has 1 rings (SSSR count). The molecule has 0 radical (unpaired) electrons. The Balaban J connectivity index is 2.22. The fourth-order valence-electron chi connectivity index (χ4n) is 2.25.